The van der Waals surface area contributed by atoms with E-state index in [1.165, 1.54) is 32.3 Å². The van der Waals surface area contributed by atoms with Crippen molar-refractivity contribution < 1.29 is 0 Å². The predicted molar refractivity (Wildman–Crippen MR) is 236 cm³/mol. The summed E-state index contributed by atoms with van der Waals surface area (Å²) in [6, 6.07) is 70.6. The quantitative estimate of drug-likeness (QED) is 0.171. The van der Waals surface area contributed by atoms with E-state index in [2.05, 4.69) is 211 Å². The van der Waals surface area contributed by atoms with Gasteiger partial charge in [-0.25, -0.2) is 15.0 Å². The summed E-state index contributed by atoms with van der Waals surface area (Å²) in [6.07, 6.45) is 2.12. The van der Waals surface area contributed by atoms with E-state index < -0.39 is 0 Å². The Morgan fingerprint density at radius 2 is 0.789 bits per heavy atom. The number of nitrogens with zero attached hydrogens (tertiary/aromatic N) is 4. The zero-order valence-corrected chi connectivity index (χ0v) is 30.9. The van der Waals surface area contributed by atoms with Gasteiger partial charge in [0.15, 0.2) is 5.82 Å². The lowest BCUT2D eigenvalue weighted by Crippen LogP contribution is -1.96. The topological polar surface area (TPSA) is 43.1 Å². The largest absolute Gasteiger partial charge is 0.298 e. The molecule has 57 heavy (non-hydrogen) atoms. The van der Waals surface area contributed by atoms with Crippen molar-refractivity contribution in [3.05, 3.63) is 206 Å². The van der Waals surface area contributed by atoms with Crippen LogP contribution < -0.4 is 0 Å². The van der Waals surface area contributed by atoms with Crippen LogP contribution in [0.25, 0.3) is 106 Å². The molecule has 8 aromatic carbocycles. The molecule has 4 nitrogen and oxygen atoms in total. The maximum absolute atomic E-state index is 5.39. The van der Waals surface area contributed by atoms with Crippen molar-refractivity contribution in [1.29, 1.82) is 0 Å². The Balaban J connectivity index is 1.07. The molecule has 0 atom stereocenters. The second kappa shape index (κ2) is 13.6. The molecule has 0 saturated carbocycles. The molecular weight excluding hydrogens is 693 g/mol. The van der Waals surface area contributed by atoms with Crippen LogP contribution >= 0.6 is 0 Å². The molecule has 11 rings (SSSR count). The monoisotopic (exact) mass is 726 g/mol. The molecular formula is C53H34N4. The van der Waals surface area contributed by atoms with Gasteiger partial charge in [-0.3, -0.25) is 4.40 Å². The smallest absolute Gasteiger partial charge is 0.160 e. The lowest BCUT2D eigenvalue weighted by atomic mass is 10.00. The first-order chi connectivity index (χ1) is 28.2. The second-order valence-corrected chi connectivity index (χ2v) is 14.5. The van der Waals surface area contributed by atoms with Crippen molar-refractivity contribution >= 4 is 38.0 Å². The van der Waals surface area contributed by atoms with E-state index in [4.69, 9.17) is 15.0 Å². The van der Waals surface area contributed by atoms with Gasteiger partial charge in [-0.05, 0) is 74.3 Å². The Kier molecular flexibility index (Phi) is 7.78. The third-order valence-electron chi connectivity index (χ3n) is 11.0. The fourth-order valence-electron chi connectivity index (χ4n) is 8.07. The molecule has 0 aliphatic rings. The van der Waals surface area contributed by atoms with E-state index in [-0.39, 0.29) is 0 Å². The Bertz CT molecular complexity index is 3190. The first-order valence-electron chi connectivity index (χ1n) is 19.3. The fourth-order valence-corrected chi connectivity index (χ4v) is 8.07. The standard InChI is InChI=1S/C53H34N4/c1-2-14-38(15-3-1)47-19-10-30-57-51(50(56-53(47)57)46-29-22-37-13-6-9-18-43(37)33-46)39-23-25-40(26-24-39)52-54-48(44-27-20-35-11-4-7-16-41(35)31-44)34-49(55-52)45-28-21-36-12-5-8-17-42(36)32-45/h1-34H. The molecule has 0 aliphatic heterocycles. The van der Waals surface area contributed by atoms with E-state index in [0.29, 0.717) is 5.82 Å². The maximum atomic E-state index is 5.39. The van der Waals surface area contributed by atoms with Crippen LogP contribution in [-0.4, -0.2) is 19.4 Å². The normalized spacial score (nSPS) is 11.5. The van der Waals surface area contributed by atoms with Crippen LogP contribution in [0.4, 0.5) is 0 Å². The van der Waals surface area contributed by atoms with Crippen LogP contribution in [0.1, 0.15) is 0 Å². The zero-order valence-electron chi connectivity index (χ0n) is 30.9. The van der Waals surface area contributed by atoms with Gasteiger partial charge in [0.05, 0.1) is 22.8 Å². The molecule has 0 amide bonds. The summed E-state index contributed by atoms with van der Waals surface area (Å²) in [5.74, 6) is 0.676. The highest BCUT2D eigenvalue weighted by atomic mass is 15.0. The van der Waals surface area contributed by atoms with Crippen molar-refractivity contribution in [2.75, 3.05) is 0 Å². The molecule has 11 aromatic rings. The van der Waals surface area contributed by atoms with Crippen molar-refractivity contribution in [3.8, 4) is 67.5 Å². The Morgan fingerprint density at radius 3 is 1.37 bits per heavy atom. The van der Waals surface area contributed by atoms with Crippen LogP contribution in [0.15, 0.2) is 206 Å². The van der Waals surface area contributed by atoms with Gasteiger partial charge in [0, 0.05) is 39.6 Å². The molecule has 0 fully saturated rings. The third-order valence-corrected chi connectivity index (χ3v) is 11.0. The number of aromatic nitrogens is 4. The van der Waals surface area contributed by atoms with Gasteiger partial charge in [0.25, 0.3) is 0 Å². The average molecular weight is 727 g/mol. The highest BCUT2D eigenvalue weighted by Crippen LogP contribution is 2.38. The minimum absolute atomic E-state index is 0.676. The lowest BCUT2D eigenvalue weighted by Gasteiger charge is -2.12. The molecule has 266 valence electrons. The van der Waals surface area contributed by atoms with Crippen LogP contribution in [0.5, 0.6) is 0 Å². The number of benzene rings is 8. The molecule has 0 radical (unpaired) electrons. The average Bonchev–Trinajstić information content (AvgIpc) is 3.69. The maximum Gasteiger partial charge on any atom is 0.160 e. The summed E-state index contributed by atoms with van der Waals surface area (Å²) in [4.78, 5) is 15.8. The van der Waals surface area contributed by atoms with Gasteiger partial charge >= 0.3 is 0 Å². The minimum Gasteiger partial charge on any atom is -0.298 e. The molecule has 3 aromatic heterocycles. The summed E-state index contributed by atoms with van der Waals surface area (Å²) >= 11 is 0. The van der Waals surface area contributed by atoms with Crippen LogP contribution in [0.3, 0.4) is 0 Å². The Morgan fingerprint density at radius 1 is 0.316 bits per heavy atom. The van der Waals surface area contributed by atoms with E-state index in [1.807, 2.05) is 0 Å². The summed E-state index contributed by atoms with van der Waals surface area (Å²) in [6.45, 7) is 0. The Labute approximate surface area is 330 Å². The number of imidazole rings is 1. The molecule has 0 bridgehead atoms. The highest BCUT2D eigenvalue weighted by Gasteiger charge is 2.20. The molecule has 0 spiro atoms. The van der Waals surface area contributed by atoms with Crippen LogP contribution in [-0.2, 0) is 0 Å². The van der Waals surface area contributed by atoms with Crippen molar-refractivity contribution in [2.24, 2.45) is 0 Å². The van der Waals surface area contributed by atoms with Crippen LogP contribution in [0, 0.1) is 0 Å². The molecule has 0 aliphatic carbocycles. The molecule has 3 heterocycles. The first kappa shape index (κ1) is 32.7. The second-order valence-electron chi connectivity index (χ2n) is 14.5. The fraction of sp³-hybridized carbons (Fsp3) is 0. The lowest BCUT2D eigenvalue weighted by molar-refractivity contribution is 1.18. The summed E-state index contributed by atoms with van der Waals surface area (Å²) in [5, 5.41) is 7.14. The summed E-state index contributed by atoms with van der Waals surface area (Å²) in [7, 11) is 0. The van der Waals surface area contributed by atoms with Crippen LogP contribution in [0.2, 0.25) is 0 Å². The van der Waals surface area contributed by atoms with E-state index >= 15 is 0 Å². The van der Waals surface area contributed by atoms with Gasteiger partial charge in [0.2, 0.25) is 0 Å². The van der Waals surface area contributed by atoms with E-state index in [9.17, 15) is 0 Å². The van der Waals surface area contributed by atoms with Gasteiger partial charge in [-0.2, -0.15) is 0 Å². The van der Waals surface area contributed by atoms with E-state index in [1.54, 1.807) is 0 Å². The van der Waals surface area contributed by atoms with Crippen molar-refractivity contribution in [3.63, 3.8) is 0 Å². The molecule has 4 heteroatoms. The summed E-state index contributed by atoms with van der Waals surface area (Å²) < 4.78 is 2.23. The number of pyridine rings is 1. The first-order valence-corrected chi connectivity index (χ1v) is 19.3. The third kappa shape index (κ3) is 5.92. The van der Waals surface area contributed by atoms with Gasteiger partial charge < -0.3 is 0 Å². The molecule has 0 saturated heterocycles. The van der Waals surface area contributed by atoms with Gasteiger partial charge in [-0.1, -0.05) is 164 Å². The summed E-state index contributed by atoms with van der Waals surface area (Å²) in [5.41, 5.74) is 12.0. The molecule has 0 N–H and O–H groups in total. The number of rotatable bonds is 6. The number of hydrogen-bond acceptors (Lipinski definition) is 3. The number of hydrogen-bond donors (Lipinski definition) is 0. The SMILES string of the molecule is c1ccc(-c2cccn3c(-c4ccc(-c5nc(-c6ccc7ccccc7c6)cc(-c6ccc7ccccc7c6)n5)cc4)c(-c4ccc5ccccc5c4)nc23)cc1. The predicted octanol–water partition coefficient (Wildman–Crippen LogP) is 13.6. The van der Waals surface area contributed by atoms with Crippen molar-refractivity contribution in [2.45, 2.75) is 0 Å². The zero-order chi connectivity index (χ0) is 37.7. The Hall–Kier alpha value is -7.69. The molecule has 0 unspecified atom stereocenters. The van der Waals surface area contributed by atoms with Gasteiger partial charge in [0.1, 0.15) is 5.65 Å². The van der Waals surface area contributed by atoms with Crippen molar-refractivity contribution in [1.82, 2.24) is 19.4 Å². The van der Waals surface area contributed by atoms with E-state index in [0.717, 1.165) is 67.4 Å². The van der Waals surface area contributed by atoms with Gasteiger partial charge in [-0.15, -0.1) is 0 Å². The highest BCUT2D eigenvalue weighted by molar-refractivity contribution is 5.93. The number of fused-ring (bicyclic) bond motifs is 4. The minimum atomic E-state index is 0.676.